The molecule has 19 heavy (non-hydrogen) atoms. The first-order valence-corrected chi connectivity index (χ1v) is 6.46. The van der Waals surface area contributed by atoms with Crippen molar-refractivity contribution in [2.45, 2.75) is 26.8 Å². The van der Waals surface area contributed by atoms with Gasteiger partial charge in [0.2, 0.25) is 0 Å². The maximum Gasteiger partial charge on any atom is 0.346 e. The molecular formula is C12H11N3O3S. The number of carboxylic acid groups (broad SMARTS) is 1. The van der Waals surface area contributed by atoms with Crippen molar-refractivity contribution < 1.29 is 9.90 Å². The highest BCUT2D eigenvalue weighted by Crippen LogP contribution is 2.27. The number of carbonyl (C=O) groups is 1. The maximum atomic E-state index is 12.3. The fraction of sp³-hybridized carbons (Fsp3) is 0.333. The van der Waals surface area contributed by atoms with Crippen molar-refractivity contribution in [2.24, 2.45) is 0 Å². The minimum absolute atomic E-state index is 0.0807. The summed E-state index contributed by atoms with van der Waals surface area (Å²) in [5.41, 5.74) is 0.0731. The molecule has 0 amide bonds. The third-order valence-electron chi connectivity index (χ3n) is 2.87. The maximum absolute atomic E-state index is 12.3. The molecule has 0 saturated carbocycles. The molecule has 7 heteroatoms. The van der Waals surface area contributed by atoms with Crippen LogP contribution in [-0.4, -0.2) is 20.6 Å². The number of nitriles is 1. The van der Waals surface area contributed by atoms with Crippen LogP contribution in [0.25, 0.3) is 10.2 Å². The molecule has 6 nitrogen and oxygen atoms in total. The molecule has 2 rings (SSSR count). The van der Waals surface area contributed by atoms with E-state index in [1.165, 1.54) is 4.57 Å². The number of hydrogen-bond donors (Lipinski definition) is 1. The van der Waals surface area contributed by atoms with E-state index >= 15 is 0 Å². The number of thiophene rings is 1. The van der Waals surface area contributed by atoms with Gasteiger partial charge in [0.15, 0.2) is 0 Å². The Labute approximate surface area is 112 Å². The van der Waals surface area contributed by atoms with Crippen molar-refractivity contribution in [2.75, 3.05) is 0 Å². The zero-order valence-corrected chi connectivity index (χ0v) is 11.2. The summed E-state index contributed by atoms with van der Waals surface area (Å²) < 4.78 is 1.30. The summed E-state index contributed by atoms with van der Waals surface area (Å²) in [6, 6.07) is 1.92. The quantitative estimate of drug-likeness (QED) is 0.918. The molecule has 0 unspecified atom stereocenters. The fourth-order valence-corrected chi connectivity index (χ4v) is 3.00. The second-order valence-corrected chi connectivity index (χ2v) is 4.97. The molecule has 0 spiro atoms. The van der Waals surface area contributed by atoms with Gasteiger partial charge in [-0.3, -0.25) is 9.36 Å². The van der Waals surface area contributed by atoms with Crippen molar-refractivity contribution in [1.82, 2.24) is 9.55 Å². The Bertz CT molecular complexity index is 767. The minimum Gasteiger partial charge on any atom is -0.477 e. The Hall–Kier alpha value is -2.20. The fourth-order valence-electron chi connectivity index (χ4n) is 1.97. The van der Waals surface area contributed by atoms with Crippen LogP contribution < -0.4 is 5.56 Å². The normalized spacial score (nSPS) is 10.6. The predicted octanol–water partition coefficient (Wildman–Crippen LogP) is 1.55. The van der Waals surface area contributed by atoms with Crippen LogP contribution in [0.3, 0.4) is 0 Å². The lowest BCUT2D eigenvalue weighted by Gasteiger charge is -2.06. The highest BCUT2D eigenvalue weighted by molar-refractivity contribution is 7.20. The van der Waals surface area contributed by atoms with Gasteiger partial charge in [0, 0.05) is 6.42 Å². The molecule has 0 saturated heterocycles. The number of aryl methyl sites for hydroxylation is 2. The zero-order chi connectivity index (χ0) is 14.2. The number of aromatic carboxylic acids is 1. The number of rotatable bonds is 3. The van der Waals surface area contributed by atoms with Crippen LogP contribution in [0.5, 0.6) is 0 Å². The van der Waals surface area contributed by atoms with Gasteiger partial charge in [-0.15, -0.1) is 11.3 Å². The van der Waals surface area contributed by atoms with E-state index < -0.39 is 5.97 Å². The lowest BCUT2D eigenvalue weighted by Crippen LogP contribution is -2.24. The largest absolute Gasteiger partial charge is 0.477 e. The summed E-state index contributed by atoms with van der Waals surface area (Å²) in [6.07, 6.45) is 0.506. The summed E-state index contributed by atoms with van der Waals surface area (Å²) in [7, 11) is 0. The van der Waals surface area contributed by atoms with E-state index in [1.807, 2.05) is 13.0 Å². The topological polar surface area (TPSA) is 96.0 Å². The smallest absolute Gasteiger partial charge is 0.346 e. The van der Waals surface area contributed by atoms with Crippen molar-refractivity contribution in [3.05, 3.63) is 26.6 Å². The standard InChI is InChI=1S/C12H11N3O3S/c1-3-7-14-10-8(11(16)15(7)5-4-13)6(2)9(19-10)12(17)18/h3,5H2,1-2H3,(H,17,18). The van der Waals surface area contributed by atoms with Gasteiger partial charge in [-0.25, -0.2) is 9.78 Å². The first-order chi connectivity index (χ1) is 9.01. The Kier molecular flexibility index (Phi) is 3.36. The van der Waals surface area contributed by atoms with Crippen molar-refractivity contribution >= 4 is 27.5 Å². The van der Waals surface area contributed by atoms with Crippen LogP contribution >= 0.6 is 11.3 Å². The number of nitrogens with zero attached hydrogens (tertiary/aromatic N) is 3. The third-order valence-corrected chi connectivity index (χ3v) is 4.04. The van der Waals surface area contributed by atoms with E-state index in [2.05, 4.69) is 4.98 Å². The first kappa shape index (κ1) is 13.2. The van der Waals surface area contributed by atoms with Crippen LogP contribution in [-0.2, 0) is 13.0 Å². The molecule has 0 aromatic carbocycles. The zero-order valence-electron chi connectivity index (χ0n) is 10.4. The number of hydrogen-bond acceptors (Lipinski definition) is 5. The second kappa shape index (κ2) is 4.82. The monoisotopic (exact) mass is 277 g/mol. The highest BCUT2D eigenvalue weighted by atomic mass is 32.1. The predicted molar refractivity (Wildman–Crippen MR) is 70.6 cm³/mol. The summed E-state index contributed by atoms with van der Waals surface area (Å²) >= 11 is 0.996. The van der Waals surface area contributed by atoms with Gasteiger partial charge < -0.3 is 5.11 Å². The van der Waals surface area contributed by atoms with E-state index in [0.717, 1.165) is 11.3 Å². The van der Waals surface area contributed by atoms with E-state index in [1.54, 1.807) is 6.92 Å². The SMILES string of the molecule is CCc1nc2sc(C(=O)O)c(C)c2c(=O)n1CC#N. The Morgan fingerprint density at radius 3 is 2.79 bits per heavy atom. The molecule has 0 bridgehead atoms. The summed E-state index contributed by atoms with van der Waals surface area (Å²) in [4.78, 5) is 28.3. The average molecular weight is 277 g/mol. The van der Waals surface area contributed by atoms with Crippen LogP contribution in [0.2, 0.25) is 0 Å². The van der Waals surface area contributed by atoms with Gasteiger partial charge in [-0.2, -0.15) is 5.26 Å². The highest BCUT2D eigenvalue weighted by Gasteiger charge is 2.20. The lowest BCUT2D eigenvalue weighted by molar-refractivity contribution is 0.0701. The second-order valence-electron chi connectivity index (χ2n) is 3.97. The van der Waals surface area contributed by atoms with E-state index in [4.69, 9.17) is 10.4 Å². The molecule has 1 N–H and O–H groups in total. The van der Waals surface area contributed by atoms with Gasteiger partial charge in [-0.05, 0) is 12.5 Å². The first-order valence-electron chi connectivity index (χ1n) is 5.64. The number of fused-ring (bicyclic) bond motifs is 1. The van der Waals surface area contributed by atoms with Gasteiger partial charge in [-0.1, -0.05) is 6.92 Å². The van der Waals surface area contributed by atoms with E-state index in [0.29, 0.717) is 28.0 Å². The minimum atomic E-state index is -1.07. The van der Waals surface area contributed by atoms with Crippen LogP contribution in [0, 0.1) is 18.3 Å². The molecule has 98 valence electrons. The molecule has 2 heterocycles. The molecule has 0 radical (unpaired) electrons. The van der Waals surface area contributed by atoms with Crippen LogP contribution in [0.15, 0.2) is 4.79 Å². The molecule has 0 aliphatic heterocycles. The van der Waals surface area contributed by atoms with Gasteiger partial charge in [0.1, 0.15) is 22.1 Å². The van der Waals surface area contributed by atoms with Gasteiger partial charge in [0.25, 0.3) is 5.56 Å². The molecule has 2 aromatic heterocycles. The molecule has 2 aromatic rings. The Morgan fingerprint density at radius 1 is 1.58 bits per heavy atom. The molecule has 0 fully saturated rings. The third kappa shape index (κ3) is 2.00. The lowest BCUT2D eigenvalue weighted by atomic mass is 10.2. The average Bonchev–Trinajstić information content (AvgIpc) is 2.70. The Balaban J connectivity index is 2.90. The van der Waals surface area contributed by atoms with Crippen molar-refractivity contribution in [3.63, 3.8) is 0 Å². The summed E-state index contributed by atoms with van der Waals surface area (Å²) in [5, 5.41) is 18.1. The van der Waals surface area contributed by atoms with Crippen LogP contribution in [0.4, 0.5) is 0 Å². The van der Waals surface area contributed by atoms with E-state index in [9.17, 15) is 9.59 Å². The van der Waals surface area contributed by atoms with Crippen LogP contribution in [0.1, 0.15) is 28.0 Å². The van der Waals surface area contributed by atoms with Crippen molar-refractivity contribution in [1.29, 1.82) is 5.26 Å². The summed E-state index contributed by atoms with van der Waals surface area (Å²) in [5.74, 6) is -0.568. The van der Waals surface area contributed by atoms with Gasteiger partial charge >= 0.3 is 5.97 Å². The number of carboxylic acids is 1. The molecule has 0 aliphatic rings. The Morgan fingerprint density at radius 2 is 2.26 bits per heavy atom. The molecule has 0 aliphatic carbocycles. The number of aromatic nitrogens is 2. The van der Waals surface area contributed by atoms with E-state index in [-0.39, 0.29) is 17.0 Å². The summed E-state index contributed by atoms with van der Waals surface area (Å²) in [6.45, 7) is 3.34. The molecule has 0 atom stereocenters. The van der Waals surface area contributed by atoms with Crippen molar-refractivity contribution in [3.8, 4) is 6.07 Å². The van der Waals surface area contributed by atoms with Gasteiger partial charge in [0.05, 0.1) is 11.5 Å². The molecular weight excluding hydrogens is 266 g/mol.